The van der Waals surface area contributed by atoms with Gasteiger partial charge in [-0.05, 0) is 32.5 Å². The molecule has 0 heterocycles. The maximum absolute atomic E-state index is 3.11. The average Bonchev–Trinajstić information content (AvgIpc) is 2.71. The topological polar surface area (TPSA) is 12.0 Å². The fourth-order valence-corrected chi connectivity index (χ4v) is 4.28. The van der Waals surface area contributed by atoms with E-state index in [2.05, 4.69) is 75.5 Å². The van der Waals surface area contributed by atoms with Crippen LogP contribution in [-0.4, -0.2) is 22.6 Å². The highest BCUT2D eigenvalue weighted by atomic mass is 28.2. The van der Waals surface area contributed by atoms with Crippen LogP contribution >= 0.6 is 0 Å². The Balaban J connectivity index is 0.000000312. The van der Waals surface area contributed by atoms with Crippen LogP contribution < -0.4 is 10.5 Å². The molecule has 0 fully saturated rings. The SMILES string of the molecule is CC1=CC([SiH2]c2ccccc2)C(C)=C1.CCNCC. The molecular formula is C17H27NSi. The van der Waals surface area contributed by atoms with Crippen molar-refractivity contribution in [3.05, 3.63) is 53.6 Å². The molecule has 0 saturated heterocycles. The van der Waals surface area contributed by atoms with Gasteiger partial charge in [-0.1, -0.05) is 72.7 Å². The molecule has 1 aromatic carbocycles. The van der Waals surface area contributed by atoms with Gasteiger partial charge in [-0.2, -0.15) is 0 Å². The van der Waals surface area contributed by atoms with Crippen LogP contribution in [0, 0.1) is 0 Å². The minimum absolute atomic E-state index is 0.159. The molecule has 2 rings (SSSR count). The maximum atomic E-state index is 3.11. The van der Waals surface area contributed by atoms with Crippen molar-refractivity contribution in [2.45, 2.75) is 33.2 Å². The van der Waals surface area contributed by atoms with Gasteiger partial charge in [0, 0.05) is 0 Å². The quantitative estimate of drug-likeness (QED) is 0.832. The van der Waals surface area contributed by atoms with Gasteiger partial charge < -0.3 is 5.32 Å². The van der Waals surface area contributed by atoms with Crippen molar-refractivity contribution >= 4 is 14.7 Å². The monoisotopic (exact) mass is 273 g/mol. The van der Waals surface area contributed by atoms with Gasteiger partial charge in [-0.3, -0.25) is 0 Å². The van der Waals surface area contributed by atoms with Crippen LogP contribution in [0.2, 0.25) is 5.54 Å². The highest BCUT2D eigenvalue weighted by Gasteiger charge is 2.14. The Bertz CT molecular complexity index is 418. The van der Waals surface area contributed by atoms with E-state index in [-0.39, 0.29) is 9.52 Å². The predicted octanol–water partition coefficient (Wildman–Crippen LogP) is 2.79. The molecule has 1 aliphatic rings. The first-order chi connectivity index (χ1) is 9.17. The Morgan fingerprint density at radius 3 is 2.11 bits per heavy atom. The van der Waals surface area contributed by atoms with Crippen molar-refractivity contribution in [2.24, 2.45) is 0 Å². The van der Waals surface area contributed by atoms with Gasteiger partial charge in [-0.25, -0.2) is 0 Å². The van der Waals surface area contributed by atoms with Crippen molar-refractivity contribution in [1.29, 1.82) is 0 Å². The van der Waals surface area contributed by atoms with Gasteiger partial charge in [-0.15, -0.1) is 0 Å². The molecule has 1 aromatic rings. The molecule has 1 aliphatic carbocycles. The second-order valence-electron chi connectivity index (χ2n) is 5.05. The second kappa shape index (κ2) is 8.89. The summed E-state index contributed by atoms with van der Waals surface area (Å²) >= 11 is 0. The van der Waals surface area contributed by atoms with E-state index in [1.165, 1.54) is 5.57 Å². The molecule has 0 bridgehead atoms. The summed E-state index contributed by atoms with van der Waals surface area (Å²) in [5.41, 5.74) is 3.76. The lowest BCUT2D eigenvalue weighted by atomic mass is 10.3. The predicted molar refractivity (Wildman–Crippen MR) is 90.1 cm³/mol. The van der Waals surface area contributed by atoms with Gasteiger partial charge in [0.15, 0.2) is 0 Å². The third kappa shape index (κ3) is 6.04. The molecule has 1 atom stereocenters. The summed E-state index contributed by atoms with van der Waals surface area (Å²) in [5, 5.41) is 4.68. The molecule has 1 nitrogen and oxygen atoms in total. The molecule has 0 saturated carbocycles. The van der Waals surface area contributed by atoms with Crippen LogP contribution in [0.4, 0.5) is 0 Å². The molecule has 1 unspecified atom stereocenters. The Kier molecular flexibility index (Phi) is 7.45. The fourth-order valence-electron chi connectivity index (χ4n) is 2.30. The zero-order valence-corrected chi connectivity index (χ0v) is 14.2. The molecule has 104 valence electrons. The highest BCUT2D eigenvalue weighted by molar-refractivity contribution is 6.56. The summed E-state index contributed by atoms with van der Waals surface area (Å²) < 4.78 is 0. The van der Waals surface area contributed by atoms with Crippen molar-refractivity contribution in [2.75, 3.05) is 13.1 Å². The van der Waals surface area contributed by atoms with E-state index in [0.29, 0.717) is 0 Å². The molecule has 0 amide bonds. The Labute approximate surface area is 120 Å². The summed E-state index contributed by atoms with van der Waals surface area (Å²) in [7, 11) is -0.159. The number of hydrogen-bond acceptors (Lipinski definition) is 1. The zero-order valence-electron chi connectivity index (χ0n) is 12.7. The summed E-state index contributed by atoms with van der Waals surface area (Å²) in [4.78, 5) is 0. The van der Waals surface area contributed by atoms with Crippen LogP contribution in [-0.2, 0) is 0 Å². The molecule has 1 N–H and O–H groups in total. The molecule has 0 spiro atoms. The van der Waals surface area contributed by atoms with E-state index in [4.69, 9.17) is 0 Å². The van der Waals surface area contributed by atoms with Gasteiger partial charge >= 0.3 is 0 Å². The molecule has 2 heteroatoms. The van der Waals surface area contributed by atoms with Gasteiger partial charge in [0.05, 0.1) is 9.52 Å². The van der Waals surface area contributed by atoms with Crippen molar-refractivity contribution in [3.63, 3.8) is 0 Å². The molecule has 0 aromatic heterocycles. The lowest BCUT2D eigenvalue weighted by Gasteiger charge is -2.08. The van der Waals surface area contributed by atoms with E-state index in [9.17, 15) is 0 Å². The van der Waals surface area contributed by atoms with E-state index < -0.39 is 0 Å². The minimum atomic E-state index is -0.159. The minimum Gasteiger partial charge on any atom is -0.317 e. The van der Waals surface area contributed by atoms with Crippen molar-refractivity contribution < 1.29 is 0 Å². The first kappa shape index (κ1) is 15.9. The fraction of sp³-hybridized carbons (Fsp3) is 0.412. The van der Waals surface area contributed by atoms with Gasteiger partial charge in [0.1, 0.15) is 0 Å². The van der Waals surface area contributed by atoms with Crippen LogP contribution in [0.25, 0.3) is 0 Å². The van der Waals surface area contributed by atoms with Crippen LogP contribution in [0.5, 0.6) is 0 Å². The number of hydrogen-bond donors (Lipinski definition) is 1. The second-order valence-corrected chi connectivity index (χ2v) is 7.16. The number of nitrogens with one attached hydrogen (secondary N) is 1. The van der Waals surface area contributed by atoms with Crippen molar-refractivity contribution in [1.82, 2.24) is 5.32 Å². The Morgan fingerprint density at radius 2 is 1.68 bits per heavy atom. The van der Waals surface area contributed by atoms with Crippen molar-refractivity contribution in [3.8, 4) is 0 Å². The normalized spacial score (nSPS) is 18.0. The highest BCUT2D eigenvalue weighted by Crippen LogP contribution is 2.27. The first-order valence-corrected chi connectivity index (χ1v) is 8.81. The molecule has 0 aliphatic heterocycles. The van der Waals surface area contributed by atoms with Crippen LogP contribution in [0.15, 0.2) is 53.6 Å². The summed E-state index contributed by atoms with van der Waals surface area (Å²) in [6.07, 6.45) is 4.75. The average molecular weight is 273 g/mol. The maximum Gasteiger partial charge on any atom is 0.0667 e. The lowest BCUT2D eigenvalue weighted by Crippen LogP contribution is -2.17. The number of allylic oxidation sites excluding steroid dienone is 4. The third-order valence-corrected chi connectivity index (χ3v) is 5.57. The van der Waals surface area contributed by atoms with E-state index in [0.717, 1.165) is 18.6 Å². The Hall–Kier alpha value is -1.12. The van der Waals surface area contributed by atoms with Gasteiger partial charge in [0.25, 0.3) is 0 Å². The smallest absolute Gasteiger partial charge is 0.0667 e. The Morgan fingerprint density at radius 1 is 1.05 bits per heavy atom. The zero-order chi connectivity index (χ0) is 14.1. The standard InChI is InChI=1S/C13H16Si.C4H11N/c1-10-8-11(2)13(9-10)14-12-6-4-3-5-7-12;1-3-5-4-2/h3-9,13H,14H2,1-2H3;5H,3-4H2,1-2H3. The van der Waals surface area contributed by atoms with Crippen LogP contribution in [0.3, 0.4) is 0 Å². The molecule has 0 radical (unpaired) electrons. The molecule has 19 heavy (non-hydrogen) atoms. The third-order valence-electron chi connectivity index (χ3n) is 3.30. The summed E-state index contributed by atoms with van der Waals surface area (Å²) in [6, 6.07) is 10.9. The summed E-state index contributed by atoms with van der Waals surface area (Å²) in [5.74, 6) is 0. The molecular weight excluding hydrogens is 246 g/mol. The van der Waals surface area contributed by atoms with Gasteiger partial charge in [0.2, 0.25) is 0 Å². The van der Waals surface area contributed by atoms with E-state index in [1.807, 2.05) is 0 Å². The van der Waals surface area contributed by atoms with E-state index in [1.54, 1.807) is 10.8 Å². The summed E-state index contributed by atoms with van der Waals surface area (Å²) in [6.45, 7) is 10.8. The number of benzene rings is 1. The first-order valence-electron chi connectivity index (χ1n) is 7.28. The van der Waals surface area contributed by atoms with Crippen LogP contribution in [0.1, 0.15) is 27.7 Å². The largest absolute Gasteiger partial charge is 0.317 e. The number of rotatable bonds is 4. The van der Waals surface area contributed by atoms with E-state index >= 15 is 0 Å². The lowest BCUT2D eigenvalue weighted by molar-refractivity contribution is 0.762.